The van der Waals surface area contributed by atoms with Crippen molar-refractivity contribution >= 4 is 17.7 Å². The summed E-state index contributed by atoms with van der Waals surface area (Å²) in [6.07, 6.45) is 3.17. The van der Waals surface area contributed by atoms with Crippen LogP contribution in [0.25, 0.3) is 5.69 Å². The lowest BCUT2D eigenvalue weighted by atomic mass is 10.1. The van der Waals surface area contributed by atoms with E-state index in [9.17, 15) is 14.4 Å². The summed E-state index contributed by atoms with van der Waals surface area (Å²) in [5.74, 6) is 0.500. The fourth-order valence-corrected chi connectivity index (χ4v) is 4.24. The third-order valence-electron chi connectivity index (χ3n) is 5.87. The Balaban J connectivity index is 1.42. The first-order chi connectivity index (χ1) is 15.4. The van der Waals surface area contributed by atoms with E-state index in [1.165, 1.54) is 4.90 Å². The Labute approximate surface area is 187 Å². The van der Waals surface area contributed by atoms with Crippen molar-refractivity contribution in [2.24, 2.45) is 0 Å². The van der Waals surface area contributed by atoms with Crippen LogP contribution in [0.3, 0.4) is 0 Å². The number of ether oxygens (including phenoxy) is 3. The number of aryl methyl sites for hydroxylation is 1. The normalized spacial score (nSPS) is 15.9. The van der Waals surface area contributed by atoms with Crippen LogP contribution >= 0.6 is 0 Å². The minimum atomic E-state index is -0.561. The number of carbonyl (C=O) groups excluding carboxylic acids is 3. The molecule has 1 aromatic heterocycles. The molecule has 0 atom stereocenters. The van der Waals surface area contributed by atoms with E-state index in [1.54, 1.807) is 6.07 Å². The van der Waals surface area contributed by atoms with Crippen molar-refractivity contribution in [1.82, 2.24) is 9.47 Å². The Morgan fingerprint density at radius 2 is 1.81 bits per heavy atom. The van der Waals surface area contributed by atoms with Crippen LogP contribution in [-0.4, -0.2) is 60.0 Å². The van der Waals surface area contributed by atoms with E-state index in [-0.39, 0.29) is 24.8 Å². The molecule has 1 saturated heterocycles. The molecule has 1 fully saturated rings. The number of aromatic nitrogens is 1. The van der Waals surface area contributed by atoms with Crippen LogP contribution in [0.2, 0.25) is 0 Å². The highest BCUT2D eigenvalue weighted by molar-refractivity contribution is 5.99. The average Bonchev–Trinajstić information content (AvgIpc) is 2.94. The van der Waals surface area contributed by atoms with Crippen molar-refractivity contribution in [3.8, 4) is 17.2 Å². The highest BCUT2D eigenvalue weighted by Gasteiger charge is 2.22. The Morgan fingerprint density at radius 1 is 1.03 bits per heavy atom. The number of ketones is 1. The zero-order valence-corrected chi connectivity index (χ0v) is 18.5. The molecule has 0 spiro atoms. The summed E-state index contributed by atoms with van der Waals surface area (Å²) in [6.45, 7) is 4.88. The molecule has 1 amide bonds. The predicted octanol–water partition coefficient (Wildman–Crippen LogP) is 2.99. The van der Waals surface area contributed by atoms with Crippen molar-refractivity contribution in [2.75, 3.05) is 32.9 Å². The van der Waals surface area contributed by atoms with E-state index in [0.29, 0.717) is 43.2 Å². The van der Waals surface area contributed by atoms with Gasteiger partial charge in [-0.1, -0.05) is 6.42 Å². The monoisotopic (exact) mass is 440 g/mol. The summed E-state index contributed by atoms with van der Waals surface area (Å²) >= 11 is 0. The molecule has 0 N–H and O–H groups in total. The molecule has 8 nitrogen and oxygen atoms in total. The van der Waals surface area contributed by atoms with Gasteiger partial charge in [-0.25, -0.2) is 0 Å². The van der Waals surface area contributed by atoms with Crippen LogP contribution in [0.4, 0.5) is 0 Å². The van der Waals surface area contributed by atoms with Gasteiger partial charge in [0, 0.05) is 41.7 Å². The van der Waals surface area contributed by atoms with Crippen molar-refractivity contribution in [3.63, 3.8) is 0 Å². The molecule has 2 aromatic rings. The molecule has 0 saturated carbocycles. The first kappa shape index (κ1) is 21.9. The molecule has 0 unspecified atom stereocenters. The van der Waals surface area contributed by atoms with E-state index >= 15 is 0 Å². The zero-order valence-electron chi connectivity index (χ0n) is 18.5. The maximum Gasteiger partial charge on any atom is 0.326 e. The number of fused-ring (bicyclic) bond motifs is 1. The highest BCUT2D eigenvalue weighted by atomic mass is 16.6. The predicted molar refractivity (Wildman–Crippen MR) is 117 cm³/mol. The molecular formula is C24H28N2O6. The number of benzene rings is 1. The fraction of sp³-hybridized carbons (Fsp3) is 0.458. The topological polar surface area (TPSA) is 87.1 Å². The minimum Gasteiger partial charge on any atom is -0.486 e. The molecule has 4 rings (SSSR count). The second-order valence-electron chi connectivity index (χ2n) is 8.16. The lowest BCUT2D eigenvalue weighted by Gasteiger charge is -2.20. The number of rotatable bonds is 6. The van der Waals surface area contributed by atoms with Crippen molar-refractivity contribution in [2.45, 2.75) is 39.5 Å². The Kier molecular flexibility index (Phi) is 6.48. The minimum absolute atomic E-state index is 0.0336. The van der Waals surface area contributed by atoms with E-state index in [2.05, 4.69) is 0 Å². The maximum absolute atomic E-state index is 12.8. The molecule has 3 heterocycles. The summed E-state index contributed by atoms with van der Waals surface area (Å²) in [7, 11) is 0. The number of hydrogen-bond acceptors (Lipinski definition) is 6. The fourth-order valence-electron chi connectivity index (χ4n) is 4.24. The van der Waals surface area contributed by atoms with Gasteiger partial charge >= 0.3 is 5.97 Å². The summed E-state index contributed by atoms with van der Waals surface area (Å²) in [5.41, 5.74) is 2.99. The quantitative estimate of drug-likeness (QED) is 0.507. The molecule has 8 heteroatoms. The standard InChI is InChI=1S/C24H28N2O6/c1-16-12-19(17(2)26(16)18-7-8-21-22(13-18)31-11-10-30-21)20(27)15-32-24(29)14-25-9-5-3-4-6-23(25)28/h7-8,12-13H,3-6,9-11,14-15H2,1-2H3. The van der Waals surface area contributed by atoms with Gasteiger partial charge in [-0.15, -0.1) is 0 Å². The van der Waals surface area contributed by atoms with Gasteiger partial charge in [0.15, 0.2) is 18.1 Å². The molecule has 0 radical (unpaired) electrons. The summed E-state index contributed by atoms with van der Waals surface area (Å²) < 4.78 is 18.4. The summed E-state index contributed by atoms with van der Waals surface area (Å²) in [4.78, 5) is 38.6. The molecule has 32 heavy (non-hydrogen) atoms. The van der Waals surface area contributed by atoms with Crippen LogP contribution in [0, 0.1) is 13.8 Å². The molecule has 1 aromatic carbocycles. The zero-order chi connectivity index (χ0) is 22.7. The van der Waals surface area contributed by atoms with Crippen molar-refractivity contribution < 1.29 is 28.6 Å². The van der Waals surface area contributed by atoms with Gasteiger partial charge in [0.25, 0.3) is 0 Å². The average molecular weight is 440 g/mol. The highest BCUT2D eigenvalue weighted by Crippen LogP contribution is 2.33. The van der Waals surface area contributed by atoms with E-state index in [1.807, 2.05) is 36.6 Å². The van der Waals surface area contributed by atoms with Gasteiger partial charge in [-0.2, -0.15) is 0 Å². The van der Waals surface area contributed by atoms with Gasteiger partial charge in [0.1, 0.15) is 19.8 Å². The smallest absolute Gasteiger partial charge is 0.326 e. The van der Waals surface area contributed by atoms with Crippen LogP contribution in [0.1, 0.15) is 47.4 Å². The van der Waals surface area contributed by atoms with Crippen LogP contribution in [0.15, 0.2) is 24.3 Å². The number of esters is 1. The molecule has 0 bridgehead atoms. The molecule has 170 valence electrons. The largest absolute Gasteiger partial charge is 0.486 e. The van der Waals surface area contributed by atoms with Gasteiger partial charge in [0.2, 0.25) is 11.7 Å². The second kappa shape index (κ2) is 9.46. The molecular weight excluding hydrogens is 412 g/mol. The summed E-state index contributed by atoms with van der Waals surface area (Å²) in [6, 6.07) is 7.46. The van der Waals surface area contributed by atoms with Gasteiger partial charge in [-0.3, -0.25) is 14.4 Å². The third kappa shape index (κ3) is 4.64. The number of nitrogens with zero attached hydrogens (tertiary/aromatic N) is 2. The van der Waals surface area contributed by atoms with Crippen molar-refractivity contribution in [3.05, 3.63) is 41.2 Å². The van der Waals surface area contributed by atoms with E-state index in [4.69, 9.17) is 14.2 Å². The molecule has 2 aliphatic rings. The Bertz CT molecular complexity index is 1040. The van der Waals surface area contributed by atoms with Gasteiger partial charge in [0.05, 0.1) is 0 Å². The van der Waals surface area contributed by atoms with Crippen LogP contribution < -0.4 is 9.47 Å². The lowest BCUT2D eigenvalue weighted by Crippen LogP contribution is -2.36. The lowest BCUT2D eigenvalue weighted by molar-refractivity contribution is -0.148. The Morgan fingerprint density at radius 3 is 2.62 bits per heavy atom. The van der Waals surface area contributed by atoms with E-state index in [0.717, 1.165) is 36.3 Å². The Hall–Kier alpha value is -3.29. The first-order valence-corrected chi connectivity index (χ1v) is 11.0. The molecule has 2 aliphatic heterocycles. The van der Waals surface area contributed by atoms with Crippen LogP contribution in [-0.2, 0) is 14.3 Å². The number of carbonyl (C=O) groups is 3. The van der Waals surface area contributed by atoms with Gasteiger partial charge in [-0.05, 0) is 44.9 Å². The third-order valence-corrected chi connectivity index (χ3v) is 5.87. The number of likely N-dealkylation sites (tertiary alicyclic amines) is 1. The number of amides is 1. The summed E-state index contributed by atoms with van der Waals surface area (Å²) in [5, 5.41) is 0. The van der Waals surface area contributed by atoms with Gasteiger partial charge < -0.3 is 23.7 Å². The number of hydrogen-bond donors (Lipinski definition) is 0. The SMILES string of the molecule is Cc1cc(C(=O)COC(=O)CN2CCCCCC2=O)c(C)n1-c1ccc2c(c1)OCCO2. The van der Waals surface area contributed by atoms with E-state index < -0.39 is 5.97 Å². The second-order valence-corrected chi connectivity index (χ2v) is 8.16. The van der Waals surface area contributed by atoms with Crippen LogP contribution in [0.5, 0.6) is 11.5 Å². The number of Topliss-reactive ketones (excluding diaryl/α,β-unsaturated/α-hetero) is 1. The van der Waals surface area contributed by atoms with Crippen molar-refractivity contribution in [1.29, 1.82) is 0 Å². The maximum atomic E-state index is 12.8. The molecule has 0 aliphatic carbocycles. The first-order valence-electron chi connectivity index (χ1n) is 11.0.